The largest absolute Gasteiger partial charge is 0.456 e. The summed E-state index contributed by atoms with van der Waals surface area (Å²) < 4.78 is 7.08. The monoisotopic (exact) mass is 741 g/mol. The van der Waals surface area contributed by atoms with Crippen molar-refractivity contribution in [1.82, 2.24) is 15.0 Å². The molecule has 1 spiro atoms. The molecule has 0 fully saturated rings. The van der Waals surface area contributed by atoms with E-state index in [1.165, 1.54) is 38.4 Å². The average Bonchev–Trinajstić information content (AvgIpc) is 3.59. The summed E-state index contributed by atoms with van der Waals surface area (Å²) in [6, 6.07) is 60.7. The van der Waals surface area contributed by atoms with Gasteiger partial charge in [-0.05, 0) is 74.3 Å². The smallest absolute Gasteiger partial charge is 0.164 e. The summed E-state index contributed by atoms with van der Waals surface area (Å²) in [6.45, 7) is 0. The van der Waals surface area contributed by atoms with Gasteiger partial charge in [0.1, 0.15) is 11.5 Å². The number of ether oxygens (including phenoxy) is 1. The molecule has 0 N–H and O–H groups in total. The van der Waals surface area contributed by atoms with E-state index in [0.717, 1.165) is 68.7 Å². The molecule has 9 aromatic rings. The van der Waals surface area contributed by atoms with Crippen molar-refractivity contribution >= 4 is 27.1 Å². The zero-order valence-electron chi connectivity index (χ0n) is 31.6. The van der Waals surface area contributed by atoms with Gasteiger partial charge in [0.05, 0.1) is 5.41 Å². The van der Waals surface area contributed by atoms with E-state index in [1.807, 2.05) is 0 Å². The van der Waals surface area contributed by atoms with E-state index in [9.17, 15) is 0 Å². The zero-order chi connectivity index (χ0) is 38.2. The van der Waals surface area contributed by atoms with E-state index < -0.39 is 5.41 Å². The van der Waals surface area contributed by atoms with E-state index >= 15 is 0 Å². The third-order valence-corrected chi connectivity index (χ3v) is 12.2. The fourth-order valence-electron chi connectivity index (χ4n) is 9.69. The average molecular weight is 742 g/mol. The second-order valence-electron chi connectivity index (χ2n) is 15.3. The minimum absolute atomic E-state index is 0.559. The van der Waals surface area contributed by atoms with Crippen LogP contribution < -0.4 is 4.74 Å². The molecule has 0 radical (unpaired) electrons. The van der Waals surface area contributed by atoms with Crippen LogP contribution in [0.2, 0.25) is 0 Å². The molecule has 0 unspecified atom stereocenters. The van der Waals surface area contributed by atoms with Gasteiger partial charge in [0.15, 0.2) is 17.5 Å². The molecule has 12 rings (SSSR count). The molecule has 4 heteroatoms. The van der Waals surface area contributed by atoms with Crippen molar-refractivity contribution in [3.05, 3.63) is 216 Å². The molecule has 8 aromatic carbocycles. The lowest BCUT2D eigenvalue weighted by Crippen LogP contribution is -2.32. The van der Waals surface area contributed by atoms with Gasteiger partial charge in [-0.1, -0.05) is 176 Å². The third kappa shape index (κ3) is 4.78. The van der Waals surface area contributed by atoms with Crippen molar-refractivity contribution in [2.45, 2.75) is 18.3 Å². The van der Waals surface area contributed by atoms with E-state index in [4.69, 9.17) is 19.7 Å². The molecular weight excluding hydrogens is 707 g/mol. The van der Waals surface area contributed by atoms with Crippen molar-refractivity contribution in [3.8, 4) is 56.5 Å². The number of nitrogens with zero attached hydrogens (tertiary/aromatic N) is 3. The van der Waals surface area contributed by atoms with Crippen LogP contribution in [0.15, 0.2) is 188 Å². The number of aromatic nitrogens is 3. The fourth-order valence-corrected chi connectivity index (χ4v) is 9.69. The second-order valence-corrected chi connectivity index (χ2v) is 15.3. The Morgan fingerprint density at radius 2 is 1.05 bits per heavy atom. The van der Waals surface area contributed by atoms with Gasteiger partial charge < -0.3 is 4.74 Å². The SMILES string of the molecule is C1=CC(c2nc(-c3ccc4c(ccc5ccccc54)c3)nc(-c3ccccc3-c3cccc4c3Oc3ccccc3C43c4ccccc4-c4ccccc43)n2)=CCC1. The van der Waals surface area contributed by atoms with Gasteiger partial charge in [0.2, 0.25) is 0 Å². The maximum atomic E-state index is 7.08. The highest BCUT2D eigenvalue weighted by Crippen LogP contribution is 2.63. The Hall–Kier alpha value is -7.43. The summed E-state index contributed by atoms with van der Waals surface area (Å²) in [7, 11) is 0. The number of hydrogen-bond donors (Lipinski definition) is 0. The molecule has 0 bridgehead atoms. The minimum atomic E-state index is -0.559. The van der Waals surface area contributed by atoms with E-state index in [1.54, 1.807) is 0 Å². The summed E-state index contributed by atoms with van der Waals surface area (Å²) in [6.07, 6.45) is 8.53. The van der Waals surface area contributed by atoms with Crippen LogP contribution in [0.4, 0.5) is 0 Å². The molecular formula is C54H35N3O. The summed E-state index contributed by atoms with van der Waals surface area (Å²) in [5, 5.41) is 4.81. The molecule has 58 heavy (non-hydrogen) atoms. The van der Waals surface area contributed by atoms with Gasteiger partial charge in [-0.2, -0.15) is 0 Å². The van der Waals surface area contributed by atoms with Gasteiger partial charge in [0.25, 0.3) is 0 Å². The van der Waals surface area contributed by atoms with Crippen molar-refractivity contribution in [3.63, 3.8) is 0 Å². The highest BCUT2D eigenvalue weighted by atomic mass is 16.5. The number of rotatable bonds is 4. The summed E-state index contributed by atoms with van der Waals surface area (Å²) in [4.78, 5) is 15.7. The van der Waals surface area contributed by atoms with Crippen LogP contribution in [0, 0.1) is 0 Å². The zero-order valence-corrected chi connectivity index (χ0v) is 31.6. The fraction of sp³-hybridized carbons (Fsp3) is 0.0556. The molecule has 1 aromatic heterocycles. The van der Waals surface area contributed by atoms with E-state index in [0.29, 0.717) is 17.5 Å². The summed E-state index contributed by atoms with van der Waals surface area (Å²) in [5.74, 6) is 3.63. The van der Waals surface area contributed by atoms with Crippen LogP contribution >= 0.6 is 0 Å². The predicted molar refractivity (Wildman–Crippen MR) is 235 cm³/mol. The lowest BCUT2D eigenvalue weighted by molar-refractivity contribution is 0.438. The number of hydrogen-bond acceptors (Lipinski definition) is 4. The number of allylic oxidation sites excluding steroid dienone is 4. The van der Waals surface area contributed by atoms with E-state index in [-0.39, 0.29) is 0 Å². The normalized spacial score (nSPS) is 14.4. The van der Waals surface area contributed by atoms with Crippen LogP contribution in [-0.2, 0) is 5.41 Å². The Morgan fingerprint density at radius 1 is 0.431 bits per heavy atom. The molecule has 272 valence electrons. The standard InChI is InChI=1S/C54H35N3O/c1-2-16-35(17-3-1)51-55-52(37-31-32-39-36(33-37)30-29-34-15-4-5-18-38(34)39)57-53(56-51)44-22-7-6-19-40(44)43-23-14-27-48-50(43)58-49-28-13-12-26-47(49)54(48)45-24-10-8-20-41(45)42-21-9-11-25-46(42)54/h2,4-33H,1,3H2. The maximum Gasteiger partial charge on any atom is 0.164 e. The van der Waals surface area contributed by atoms with Crippen LogP contribution in [0.1, 0.15) is 40.9 Å². The molecule has 0 amide bonds. The molecule has 2 aliphatic carbocycles. The second kappa shape index (κ2) is 12.8. The lowest BCUT2D eigenvalue weighted by atomic mass is 9.65. The van der Waals surface area contributed by atoms with Gasteiger partial charge in [-0.15, -0.1) is 0 Å². The predicted octanol–water partition coefficient (Wildman–Crippen LogP) is 13.4. The molecule has 1 aliphatic heterocycles. The van der Waals surface area contributed by atoms with Gasteiger partial charge >= 0.3 is 0 Å². The Balaban J connectivity index is 1.07. The van der Waals surface area contributed by atoms with Crippen LogP contribution in [0.25, 0.3) is 72.1 Å². The highest BCUT2D eigenvalue weighted by molar-refractivity contribution is 6.08. The Morgan fingerprint density at radius 3 is 1.86 bits per heavy atom. The number of fused-ring (bicyclic) bond motifs is 12. The van der Waals surface area contributed by atoms with E-state index in [2.05, 4.69) is 188 Å². The molecule has 2 heterocycles. The maximum absolute atomic E-state index is 7.08. The lowest BCUT2D eigenvalue weighted by Gasteiger charge is -2.40. The third-order valence-electron chi connectivity index (χ3n) is 12.2. The molecule has 0 saturated carbocycles. The van der Waals surface area contributed by atoms with Gasteiger partial charge in [0, 0.05) is 33.4 Å². The van der Waals surface area contributed by atoms with Crippen molar-refractivity contribution in [2.24, 2.45) is 0 Å². The first kappa shape index (κ1) is 32.8. The van der Waals surface area contributed by atoms with Crippen LogP contribution in [-0.4, -0.2) is 15.0 Å². The van der Waals surface area contributed by atoms with Gasteiger partial charge in [-0.3, -0.25) is 0 Å². The number of benzene rings is 8. The molecule has 4 nitrogen and oxygen atoms in total. The molecule has 3 aliphatic rings. The Labute approximate surface area is 336 Å². The summed E-state index contributed by atoms with van der Waals surface area (Å²) in [5.41, 5.74) is 11.6. The van der Waals surface area contributed by atoms with Crippen LogP contribution in [0.5, 0.6) is 11.5 Å². The quantitative estimate of drug-likeness (QED) is 0.169. The first-order valence-electron chi connectivity index (χ1n) is 20.0. The van der Waals surface area contributed by atoms with Crippen molar-refractivity contribution < 1.29 is 4.74 Å². The Kier molecular flexibility index (Phi) is 7.24. The highest BCUT2D eigenvalue weighted by Gasteiger charge is 2.51. The summed E-state index contributed by atoms with van der Waals surface area (Å²) >= 11 is 0. The van der Waals surface area contributed by atoms with Gasteiger partial charge in [-0.25, -0.2) is 15.0 Å². The van der Waals surface area contributed by atoms with Crippen LogP contribution in [0.3, 0.4) is 0 Å². The topological polar surface area (TPSA) is 47.9 Å². The Bertz CT molecular complexity index is 3180. The first-order chi connectivity index (χ1) is 28.8. The molecule has 0 atom stereocenters. The first-order valence-corrected chi connectivity index (χ1v) is 20.0. The molecule has 0 saturated heterocycles. The van der Waals surface area contributed by atoms with Crippen molar-refractivity contribution in [1.29, 1.82) is 0 Å². The van der Waals surface area contributed by atoms with Crippen molar-refractivity contribution in [2.75, 3.05) is 0 Å². The number of para-hydroxylation sites is 2. The minimum Gasteiger partial charge on any atom is -0.456 e.